The van der Waals surface area contributed by atoms with Gasteiger partial charge in [-0.1, -0.05) is 0 Å². The molecule has 0 amide bonds. The first-order valence-corrected chi connectivity index (χ1v) is 3.68. The van der Waals surface area contributed by atoms with Gasteiger partial charge in [-0.05, 0) is 0 Å². The summed E-state index contributed by atoms with van der Waals surface area (Å²) in [5.74, 6) is -0.648. The van der Waals surface area contributed by atoms with Crippen LogP contribution in [0.3, 0.4) is 0 Å². The second-order valence-electron chi connectivity index (χ2n) is 1.46. The predicted octanol–water partition coefficient (Wildman–Crippen LogP) is 0.0915. The molecule has 1 aliphatic rings. The summed E-state index contributed by atoms with van der Waals surface area (Å²) < 4.78 is -0.622. The lowest BCUT2D eigenvalue weighted by Gasteiger charge is -1.92. The third-order valence-electron chi connectivity index (χ3n) is 0.876. The van der Waals surface area contributed by atoms with E-state index in [0.29, 0.717) is 0 Å². The van der Waals surface area contributed by atoms with Gasteiger partial charge >= 0.3 is 15.0 Å². The van der Waals surface area contributed by atoms with Gasteiger partial charge in [0.1, 0.15) is 0 Å². The minimum atomic E-state index is -0.648. The number of ketones is 1. The largest absolute Gasteiger partial charge is 0.560 e. The Labute approximate surface area is 72.0 Å². The lowest BCUT2D eigenvalue weighted by molar-refractivity contribution is -1.05. The van der Waals surface area contributed by atoms with Crippen molar-refractivity contribution in [2.75, 3.05) is 0 Å². The summed E-state index contributed by atoms with van der Waals surface area (Å²) in [6, 6.07) is 0. The van der Waals surface area contributed by atoms with Gasteiger partial charge in [0.15, 0.2) is 0 Å². The molecule has 0 atom stereocenters. The third-order valence-corrected chi connectivity index (χ3v) is 2.20. The van der Waals surface area contributed by atoms with Crippen LogP contribution in [0.4, 0.5) is 0 Å². The van der Waals surface area contributed by atoms with Crippen molar-refractivity contribution >= 4 is 46.9 Å². The topological polar surface area (TPSA) is 69.2 Å². The van der Waals surface area contributed by atoms with Crippen LogP contribution < -0.4 is 0 Å². The van der Waals surface area contributed by atoms with Gasteiger partial charge in [-0.3, -0.25) is 4.79 Å². The molecule has 1 heterocycles. The van der Waals surface area contributed by atoms with Gasteiger partial charge < -0.3 is 10.4 Å². The number of nitrogens with zero attached hydrogens (tertiary/aromatic N) is 2. The van der Waals surface area contributed by atoms with E-state index < -0.39 is 5.78 Å². The third kappa shape index (κ3) is 0.853. The van der Waals surface area contributed by atoms with Crippen LogP contribution in [-0.2, 0) is 4.79 Å². The highest BCUT2D eigenvalue weighted by atomic mass is 79.9. The maximum Gasteiger partial charge on any atom is 0.383 e. The standard InChI is InChI=1S/C3Br2N2O3/c4-2-1(8)3(5)7(10)6(2)9. The number of carbonyl (C=O) groups excluding carboxylic acids is 1. The van der Waals surface area contributed by atoms with E-state index in [-0.39, 0.29) is 18.9 Å². The summed E-state index contributed by atoms with van der Waals surface area (Å²) in [6.45, 7) is 0. The number of hydrogen-bond acceptors (Lipinski definition) is 3. The molecule has 0 fully saturated rings. The molecule has 5 nitrogen and oxygen atoms in total. The maximum absolute atomic E-state index is 10.7. The second-order valence-corrected chi connectivity index (χ2v) is 2.96. The minimum Gasteiger partial charge on any atom is -0.560 e. The van der Waals surface area contributed by atoms with E-state index in [4.69, 9.17) is 0 Å². The molecular formula is C3Br2N2O3. The van der Waals surface area contributed by atoms with Crippen LogP contribution in [0.25, 0.3) is 0 Å². The van der Waals surface area contributed by atoms with Gasteiger partial charge in [0.05, 0.1) is 9.70 Å². The average molecular weight is 272 g/mol. The molecule has 0 spiro atoms. The van der Waals surface area contributed by atoms with Crippen molar-refractivity contribution in [3.63, 3.8) is 0 Å². The summed E-state index contributed by atoms with van der Waals surface area (Å²) in [4.78, 5) is 10.5. The number of carbonyl (C=O) groups is 1. The van der Waals surface area contributed by atoms with Crippen molar-refractivity contribution < 1.29 is 14.5 Å². The van der Waals surface area contributed by atoms with Crippen LogP contribution in [0.5, 0.6) is 0 Å². The predicted molar refractivity (Wildman–Crippen MR) is 40.1 cm³/mol. The summed E-state index contributed by atoms with van der Waals surface area (Å²) in [6.07, 6.45) is 0. The Balaban J connectivity index is 3.22. The van der Waals surface area contributed by atoms with Crippen molar-refractivity contribution in [1.29, 1.82) is 0 Å². The number of hydrazone groups is 2. The molecule has 54 valence electrons. The van der Waals surface area contributed by atoms with Crippen LogP contribution in [0, 0.1) is 10.4 Å². The molecule has 0 aliphatic carbocycles. The lowest BCUT2D eigenvalue weighted by atomic mass is 10.5. The number of hydrogen-bond donors (Lipinski definition) is 0. The van der Waals surface area contributed by atoms with Crippen LogP contribution in [0.1, 0.15) is 0 Å². The highest BCUT2D eigenvalue weighted by molar-refractivity contribution is 9.20. The number of hydrazine groups is 1. The van der Waals surface area contributed by atoms with E-state index in [2.05, 4.69) is 31.9 Å². The molecule has 1 rings (SSSR count). The molecule has 0 radical (unpaired) electrons. The van der Waals surface area contributed by atoms with Gasteiger partial charge in [0.2, 0.25) is 0 Å². The van der Waals surface area contributed by atoms with Crippen molar-refractivity contribution in [2.45, 2.75) is 0 Å². The van der Waals surface area contributed by atoms with E-state index >= 15 is 0 Å². The zero-order chi connectivity index (χ0) is 7.89. The van der Waals surface area contributed by atoms with E-state index in [1.54, 1.807) is 0 Å². The minimum absolute atomic E-state index is 0.0909. The Hall–Kier alpha value is -0.430. The quantitative estimate of drug-likeness (QED) is 0.463. The van der Waals surface area contributed by atoms with E-state index in [0.717, 1.165) is 0 Å². The monoisotopic (exact) mass is 270 g/mol. The molecule has 7 heteroatoms. The van der Waals surface area contributed by atoms with E-state index in [9.17, 15) is 15.2 Å². The SMILES string of the molecule is O=C1C(Br)=[N+]([O-])[N+]([O-])=C1Br. The molecule has 10 heavy (non-hydrogen) atoms. The fraction of sp³-hybridized carbons (Fsp3) is 0. The van der Waals surface area contributed by atoms with Crippen molar-refractivity contribution in [1.82, 2.24) is 0 Å². The summed E-state index contributed by atoms with van der Waals surface area (Å²) in [7, 11) is 0. The molecule has 0 saturated carbocycles. The molecule has 0 saturated heterocycles. The molecule has 0 unspecified atom stereocenters. The normalized spacial score (nSPS) is 19.2. The Kier molecular flexibility index (Phi) is 1.78. The molecule has 0 aromatic carbocycles. The Morgan fingerprint density at radius 2 is 1.40 bits per heavy atom. The zero-order valence-electron chi connectivity index (χ0n) is 4.38. The zero-order valence-corrected chi connectivity index (χ0v) is 7.55. The van der Waals surface area contributed by atoms with Gasteiger partial charge in [-0.15, -0.1) is 0 Å². The Morgan fingerprint density at radius 3 is 1.50 bits per heavy atom. The number of rotatable bonds is 0. The molecule has 1 aliphatic heterocycles. The first kappa shape index (κ1) is 7.67. The molecule has 0 N–H and O–H groups in total. The Bertz CT molecular complexity index is 243. The van der Waals surface area contributed by atoms with Gasteiger partial charge in [-0.2, -0.15) is 0 Å². The van der Waals surface area contributed by atoms with Crippen molar-refractivity contribution in [2.24, 2.45) is 0 Å². The van der Waals surface area contributed by atoms with Crippen LogP contribution in [0.2, 0.25) is 0 Å². The fourth-order valence-corrected chi connectivity index (χ4v) is 1.35. The van der Waals surface area contributed by atoms with E-state index in [1.807, 2.05) is 0 Å². The molecule has 0 bridgehead atoms. The first-order valence-electron chi connectivity index (χ1n) is 2.09. The summed E-state index contributed by atoms with van der Waals surface area (Å²) in [5, 5.41) is 21.0. The van der Waals surface area contributed by atoms with Crippen molar-refractivity contribution in [3.8, 4) is 0 Å². The van der Waals surface area contributed by atoms with E-state index in [1.165, 1.54) is 0 Å². The lowest BCUT2D eigenvalue weighted by Crippen LogP contribution is -2.13. The van der Waals surface area contributed by atoms with Crippen molar-refractivity contribution in [3.05, 3.63) is 10.4 Å². The first-order chi connectivity index (χ1) is 4.55. The maximum atomic E-state index is 10.7. The highest BCUT2D eigenvalue weighted by Gasteiger charge is 2.40. The smallest absolute Gasteiger partial charge is 0.383 e. The summed E-state index contributed by atoms with van der Waals surface area (Å²) >= 11 is 5.28. The molecular weight excluding hydrogens is 272 g/mol. The number of Topliss-reactive ketones (excluding diaryl/α,β-unsaturated/α-hetero) is 1. The fourth-order valence-electron chi connectivity index (χ4n) is 0.418. The molecule has 0 aromatic heterocycles. The second kappa shape index (κ2) is 2.31. The van der Waals surface area contributed by atoms with Gasteiger partial charge in [0.25, 0.3) is 0 Å². The summed E-state index contributed by atoms with van der Waals surface area (Å²) in [5.41, 5.74) is 0. The van der Waals surface area contributed by atoms with Crippen LogP contribution in [-0.4, -0.2) is 24.7 Å². The van der Waals surface area contributed by atoms with Gasteiger partial charge in [0, 0.05) is 31.9 Å². The number of halogens is 2. The van der Waals surface area contributed by atoms with Gasteiger partial charge in [-0.25, -0.2) is 0 Å². The Morgan fingerprint density at radius 1 is 1.10 bits per heavy atom. The molecule has 0 aromatic rings. The average Bonchev–Trinajstić information content (AvgIpc) is 2.07. The van der Waals surface area contributed by atoms with Crippen LogP contribution in [0.15, 0.2) is 0 Å². The van der Waals surface area contributed by atoms with Crippen LogP contribution >= 0.6 is 31.9 Å². The highest BCUT2D eigenvalue weighted by Crippen LogP contribution is 2.06.